The second-order valence-corrected chi connectivity index (χ2v) is 2.90. The minimum Gasteiger partial charge on any atom is -0.301 e. The van der Waals surface area contributed by atoms with Crippen LogP contribution in [-0.4, -0.2) is 12.5 Å². The monoisotopic (exact) mass is 165 g/mol. The maximum Gasteiger partial charge on any atom is 0.142 e. The normalized spacial score (nSPS) is 10.0. The van der Waals surface area contributed by atoms with E-state index in [4.69, 9.17) is 0 Å². The molecule has 1 radical (unpaired) electrons. The third-order valence-electron chi connectivity index (χ3n) is 1.39. The highest BCUT2D eigenvalue weighted by Crippen LogP contribution is 2.21. The molecule has 0 atom stereocenters. The van der Waals surface area contributed by atoms with Crippen molar-refractivity contribution < 1.29 is 4.79 Å². The highest BCUT2D eigenvalue weighted by atomic mass is 32.2. The number of thioether (sulfide) groups is 1. The molecule has 1 aromatic carbocycles. The molecule has 0 aliphatic rings. The first-order chi connectivity index (χ1) is 5.38. The van der Waals surface area contributed by atoms with Gasteiger partial charge in [-0.1, -0.05) is 30.3 Å². The van der Waals surface area contributed by atoms with E-state index in [1.54, 1.807) is 0 Å². The van der Waals surface area contributed by atoms with Gasteiger partial charge in [0.05, 0.1) is 0 Å². The van der Waals surface area contributed by atoms with Gasteiger partial charge >= 0.3 is 0 Å². The molecule has 0 aliphatic carbocycles. The lowest BCUT2D eigenvalue weighted by Crippen LogP contribution is -1.94. The minimum atomic E-state index is 0.783. The topological polar surface area (TPSA) is 17.1 Å². The van der Waals surface area contributed by atoms with Crippen LogP contribution in [0.5, 0.6) is 0 Å². The van der Waals surface area contributed by atoms with Crippen LogP contribution in [0.4, 0.5) is 0 Å². The van der Waals surface area contributed by atoms with Crippen LogP contribution in [-0.2, 0) is 4.79 Å². The molecule has 0 aromatic heterocycles. The molecule has 1 nitrogen and oxygen atoms in total. The number of rotatable bonds is 3. The van der Waals surface area contributed by atoms with Gasteiger partial charge in [0, 0.05) is 0 Å². The Morgan fingerprint density at radius 3 is 2.45 bits per heavy atom. The third kappa shape index (κ3) is 2.09. The summed E-state index contributed by atoms with van der Waals surface area (Å²) in [6.07, 6.45) is 2.79. The Hall–Kier alpha value is -0.760. The Bertz CT molecular complexity index is 220. The molecular formula is C9H9OS. The molecule has 0 N–H and O–H groups in total. The van der Waals surface area contributed by atoms with E-state index in [2.05, 4.69) is 0 Å². The average Bonchev–Trinajstić information content (AvgIpc) is 2.09. The largest absolute Gasteiger partial charge is 0.301 e. The fraction of sp³-hybridized carbons (Fsp3) is 0.111. The molecule has 0 fully saturated rings. The molecular weight excluding hydrogens is 156 g/mol. The van der Waals surface area contributed by atoms with Crippen LogP contribution in [0, 0.1) is 5.25 Å². The van der Waals surface area contributed by atoms with Crippen molar-refractivity contribution in [3.05, 3.63) is 41.1 Å². The Balaban J connectivity index is 2.82. The predicted molar refractivity (Wildman–Crippen MR) is 48.4 cm³/mol. The van der Waals surface area contributed by atoms with E-state index in [0.717, 1.165) is 17.1 Å². The molecule has 0 spiro atoms. The van der Waals surface area contributed by atoms with Gasteiger partial charge in [-0.15, -0.1) is 11.8 Å². The van der Waals surface area contributed by atoms with E-state index in [0.29, 0.717) is 0 Å². The molecule has 11 heavy (non-hydrogen) atoms. The Kier molecular flexibility index (Phi) is 3.17. The molecule has 0 aliphatic heterocycles. The molecule has 0 bridgehead atoms. The number of carbonyl (C=O) groups is 1. The van der Waals surface area contributed by atoms with Gasteiger partial charge in [-0.25, -0.2) is 0 Å². The number of hydrogen-bond acceptors (Lipinski definition) is 2. The molecule has 2 heteroatoms. The number of hydrogen-bond donors (Lipinski definition) is 0. The Morgan fingerprint density at radius 1 is 1.36 bits per heavy atom. The summed E-state index contributed by atoms with van der Waals surface area (Å²) in [4.78, 5) is 10.5. The first-order valence-corrected chi connectivity index (χ1v) is 4.52. The maximum absolute atomic E-state index is 10.5. The average molecular weight is 165 g/mol. The molecule has 1 rings (SSSR count). The van der Waals surface area contributed by atoms with Crippen molar-refractivity contribution in [2.75, 3.05) is 6.26 Å². The fourth-order valence-electron chi connectivity index (χ4n) is 0.836. The second kappa shape index (κ2) is 4.19. The van der Waals surface area contributed by atoms with Crippen LogP contribution < -0.4 is 0 Å². The second-order valence-electron chi connectivity index (χ2n) is 2.05. The summed E-state index contributed by atoms with van der Waals surface area (Å²) in [6.45, 7) is 0. The lowest BCUT2D eigenvalue weighted by molar-refractivity contribution is -0.105. The van der Waals surface area contributed by atoms with Crippen molar-refractivity contribution in [1.29, 1.82) is 0 Å². The van der Waals surface area contributed by atoms with Crippen molar-refractivity contribution in [3.63, 3.8) is 0 Å². The summed E-state index contributed by atoms with van der Waals surface area (Å²) in [5.74, 6) is 0. The van der Waals surface area contributed by atoms with E-state index in [1.165, 1.54) is 11.8 Å². The molecule has 1 aromatic rings. The summed E-state index contributed by atoms with van der Waals surface area (Å²) < 4.78 is 0. The molecule has 0 unspecified atom stereocenters. The lowest BCUT2D eigenvalue weighted by Gasteiger charge is -2.03. The van der Waals surface area contributed by atoms with E-state index in [1.807, 2.05) is 36.6 Å². The van der Waals surface area contributed by atoms with Crippen molar-refractivity contribution in [2.45, 2.75) is 0 Å². The summed E-state index contributed by atoms with van der Waals surface area (Å²) in [6, 6.07) is 9.65. The van der Waals surface area contributed by atoms with Crippen LogP contribution in [0.2, 0.25) is 0 Å². The Labute approximate surface area is 70.8 Å². The molecule has 0 heterocycles. The van der Waals surface area contributed by atoms with E-state index in [-0.39, 0.29) is 0 Å². The van der Waals surface area contributed by atoms with Gasteiger partial charge in [-0.05, 0) is 11.8 Å². The molecule has 0 saturated heterocycles. The van der Waals surface area contributed by atoms with Crippen molar-refractivity contribution in [1.82, 2.24) is 0 Å². The van der Waals surface area contributed by atoms with Crippen molar-refractivity contribution in [3.8, 4) is 0 Å². The zero-order chi connectivity index (χ0) is 8.10. The highest BCUT2D eigenvalue weighted by Gasteiger charge is 2.07. The van der Waals surface area contributed by atoms with Gasteiger partial charge < -0.3 is 4.79 Å². The number of carbonyl (C=O) groups excluding carboxylic acids is 1. The molecule has 0 saturated carbocycles. The molecule has 0 amide bonds. The van der Waals surface area contributed by atoms with Crippen LogP contribution in [0.1, 0.15) is 5.56 Å². The summed E-state index contributed by atoms with van der Waals surface area (Å²) in [7, 11) is 0. The third-order valence-corrected chi connectivity index (χ3v) is 2.16. The summed E-state index contributed by atoms with van der Waals surface area (Å²) in [5, 5.41) is 0.783. The van der Waals surface area contributed by atoms with E-state index < -0.39 is 0 Å². The number of benzene rings is 1. The summed E-state index contributed by atoms with van der Waals surface area (Å²) >= 11 is 1.47. The fourth-order valence-corrected chi connectivity index (χ4v) is 1.30. The van der Waals surface area contributed by atoms with Crippen LogP contribution in [0.15, 0.2) is 30.3 Å². The van der Waals surface area contributed by atoms with Crippen LogP contribution in [0.3, 0.4) is 0 Å². The van der Waals surface area contributed by atoms with E-state index >= 15 is 0 Å². The quantitative estimate of drug-likeness (QED) is 0.638. The first kappa shape index (κ1) is 8.34. The van der Waals surface area contributed by atoms with Gasteiger partial charge in [-0.3, -0.25) is 0 Å². The zero-order valence-electron chi connectivity index (χ0n) is 6.28. The van der Waals surface area contributed by atoms with Crippen LogP contribution >= 0.6 is 11.8 Å². The van der Waals surface area contributed by atoms with Gasteiger partial charge in [0.2, 0.25) is 0 Å². The summed E-state index contributed by atoms with van der Waals surface area (Å²) in [5.41, 5.74) is 0.995. The zero-order valence-corrected chi connectivity index (χ0v) is 7.10. The van der Waals surface area contributed by atoms with E-state index in [9.17, 15) is 4.79 Å². The first-order valence-electron chi connectivity index (χ1n) is 3.30. The van der Waals surface area contributed by atoms with Gasteiger partial charge in [0.25, 0.3) is 0 Å². The standard InChI is InChI=1S/C9H9OS/c1-11-9(7-10)8-5-3-2-4-6-8/h2-7H,1H3. The van der Waals surface area contributed by atoms with Crippen molar-refractivity contribution in [2.24, 2.45) is 0 Å². The van der Waals surface area contributed by atoms with Gasteiger partial charge in [0.1, 0.15) is 11.5 Å². The maximum atomic E-state index is 10.5. The van der Waals surface area contributed by atoms with Gasteiger partial charge in [-0.2, -0.15) is 0 Å². The Morgan fingerprint density at radius 2 is 2.00 bits per heavy atom. The smallest absolute Gasteiger partial charge is 0.142 e. The van der Waals surface area contributed by atoms with Crippen LogP contribution in [0.25, 0.3) is 0 Å². The minimum absolute atomic E-state index is 0.783. The molecule has 57 valence electrons. The van der Waals surface area contributed by atoms with Crippen molar-refractivity contribution >= 4 is 18.0 Å². The SMILES string of the molecule is CS[C](C=O)c1ccccc1. The number of aldehydes is 1. The van der Waals surface area contributed by atoms with Gasteiger partial charge in [0.15, 0.2) is 0 Å². The lowest BCUT2D eigenvalue weighted by atomic mass is 10.2. The predicted octanol–water partition coefficient (Wildman–Crippen LogP) is 2.13. The highest BCUT2D eigenvalue weighted by molar-refractivity contribution is 8.02.